The minimum absolute atomic E-state index is 0.0730. The molecule has 0 fully saturated rings. The van der Waals surface area contributed by atoms with Crippen molar-refractivity contribution in [2.45, 2.75) is 23.3 Å². The first-order chi connectivity index (χ1) is 18.8. The number of thioether (sulfide) groups is 1. The van der Waals surface area contributed by atoms with Crippen molar-refractivity contribution < 1.29 is 18.0 Å². The normalized spacial score (nSPS) is 11.0. The number of hydrogen-bond acceptors (Lipinski definition) is 6. The highest BCUT2D eigenvalue weighted by Gasteiger charge is 2.27. The Hall–Kier alpha value is -4.15. The van der Waals surface area contributed by atoms with E-state index in [1.54, 1.807) is 79.1 Å². The highest BCUT2D eigenvalue weighted by molar-refractivity contribution is 7.98. The van der Waals surface area contributed by atoms with Gasteiger partial charge < -0.3 is 10.6 Å². The van der Waals surface area contributed by atoms with Crippen LogP contribution in [-0.2, 0) is 21.4 Å². The molecule has 10 heteroatoms. The summed E-state index contributed by atoms with van der Waals surface area (Å²) >= 11 is 1.50. The van der Waals surface area contributed by atoms with Crippen molar-refractivity contribution in [1.29, 1.82) is 0 Å². The van der Waals surface area contributed by atoms with Gasteiger partial charge in [0.25, 0.3) is 15.9 Å². The van der Waals surface area contributed by atoms with Crippen LogP contribution in [0.15, 0.2) is 107 Å². The minimum Gasteiger partial charge on any atom is -0.348 e. The summed E-state index contributed by atoms with van der Waals surface area (Å²) in [4.78, 5) is 31.2. The number of aryl methyl sites for hydroxylation is 1. The first kappa shape index (κ1) is 27.9. The van der Waals surface area contributed by atoms with Gasteiger partial charge in [0, 0.05) is 23.8 Å². The highest BCUT2D eigenvalue weighted by atomic mass is 32.2. The largest absolute Gasteiger partial charge is 0.348 e. The second-order valence-electron chi connectivity index (χ2n) is 8.66. The molecule has 0 saturated carbocycles. The van der Waals surface area contributed by atoms with E-state index in [-0.39, 0.29) is 28.6 Å². The third-order valence-corrected chi connectivity index (χ3v) is 8.41. The van der Waals surface area contributed by atoms with Gasteiger partial charge in [-0.15, -0.1) is 11.8 Å². The SMILES string of the molecule is CSc1ccc(S(=O)(=O)N(CC(=O)Nc2ccccc2C(=O)NCc2cccnc2)c2ccc(C)cc2)cc1. The minimum atomic E-state index is -4.07. The fraction of sp³-hybridized carbons (Fsp3) is 0.138. The summed E-state index contributed by atoms with van der Waals surface area (Å²) in [6, 6.07) is 23.6. The van der Waals surface area contributed by atoms with Gasteiger partial charge in [-0.05, 0) is 73.3 Å². The summed E-state index contributed by atoms with van der Waals surface area (Å²) in [5.74, 6) is -0.973. The van der Waals surface area contributed by atoms with Crippen molar-refractivity contribution >= 4 is 45.0 Å². The highest BCUT2D eigenvalue weighted by Crippen LogP contribution is 2.26. The van der Waals surface area contributed by atoms with E-state index in [0.29, 0.717) is 5.69 Å². The molecule has 2 N–H and O–H groups in total. The van der Waals surface area contributed by atoms with Crippen molar-refractivity contribution in [2.75, 3.05) is 22.4 Å². The lowest BCUT2D eigenvalue weighted by Crippen LogP contribution is -2.38. The summed E-state index contributed by atoms with van der Waals surface area (Å²) in [5, 5.41) is 5.54. The molecule has 0 aliphatic heterocycles. The van der Waals surface area contributed by atoms with Crippen LogP contribution in [0.25, 0.3) is 0 Å². The molecule has 0 aliphatic carbocycles. The molecule has 0 unspecified atom stereocenters. The van der Waals surface area contributed by atoms with Crippen molar-refractivity contribution in [3.05, 3.63) is 114 Å². The third kappa shape index (κ3) is 7.04. The Morgan fingerprint density at radius 2 is 1.64 bits per heavy atom. The average molecular weight is 561 g/mol. The van der Waals surface area contributed by atoms with E-state index in [2.05, 4.69) is 15.6 Å². The van der Waals surface area contributed by atoms with Crippen LogP contribution in [0.5, 0.6) is 0 Å². The van der Waals surface area contributed by atoms with Gasteiger partial charge in [0.05, 0.1) is 21.8 Å². The van der Waals surface area contributed by atoms with E-state index in [0.717, 1.165) is 20.3 Å². The molecule has 4 rings (SSSR count). The number of aromatic nitrogens is 1. The number of benzene rings is 3. The maximum Gasteiger partial charge on any atom is 0.264 e. The fourth-order valence-electron chi connectivity index (χ4n) is 3.79. The van der Waals surface area contributed by atoms with Gasteiger partial charge >= 0.3 is 0 Å². The number of anilines is 2. The zero-order valence-electron chi connectivity index (χ0n) is 21.5. The fourth-order valence-corrected chi connectivity index (χ4v) is 5.62. The lowest BCUT2D eigenvalue weighted by molar-refractivity contribution is -0.114. The summed E-state index contributed by atoms with van der Waals surface area (Å²) in [7, 11) is -4.07. The third-order valence-electron chi connectivity index (χ3n) is 5.88. The van der Waals surface area contributed by atoms with E-state index >= 15 is 0 Å². The number of para-hydroxylation sites is 1. The standard InChI is InChI=1S/C29H28N4O4S2/c1-21-9-11-23(12-10-21)33(39(36,37)25-15-13-24(38-2)14-16-25)20-28(34)32-27-8-4-3-7-26(27)29(35)31-19-22-6-5-17-30-18-22/h3-18H,19-20H2,1-2H3,(H,31,35)(H,32,34). The second-order valence-corrected chi connectivity index (χ2v) is 11.4. The summed E-state index contributed by atoms with van der Waals surface area (Å²) in [6.45, 7) is 1.68. The Bertz CT molecular complexity index is 1540. The molecule has 1 heterocycles. The molecule has 0 saturated heterocycles. The Morgan fingerprint density at radius 3 is 2.31 bits per heavy atom. The molecule has 200 valence electrons. The van der Waals surface area contributed by atoms with Gasteiger partial charge in [0.2, 0.25) is 5.91 Å². The van der Waals surface area contributed by atoms with Crippen molar-refractivity contribution in [1.82, 2.24) is 10.3 Å². The van der Waals surface area contributed by atoms with Crippen LogP contribution in [0.2, 0.25) is 0 Å². The molecule has 8 nitrogen and oxygen atoms in total. The van der Waals surface area contributed by atoms with Gasteiger partial charge in [-0.25, -0.2) is 8.42 Å². The van der Waals surface area contributed by atoms with E-state index in [4.69, 9.17) is 0 Å². The van der Waals surface area contributed by atoms with Crippen LogP contribution < -0.4 is 14.9 Å². The molecule has 3 aromatic carbocycles. The zero-order chi connectivity index (χ0) is 27.8. The van der Waals surface area contributed by atoms with Crippen molar-refractivity contribution in [3.8, 4) is 0 Å². The van der Waals surface area contributed by atoms with E-state index in [1.807, 2.05) is 19.2 Å². The summed E-state index contributed by atoms with van der Waals surface area (Å²) in [5.41, 5.74) is 2.67. The molecule has 0 aliphatic rings. The van der Waals surface area contributed by atoms with Crippen LogP contribution in [0, 0.1) is 6.92 Å². The molecule has 0 spiro atoms. The summed E-state index contributed by atoms with van der Waals surface area (Å²) in [6.07, 6.45) is 5.21. The monoisotopic (exact) mass is 560 g/mol. The van der Waals surface area contributed by atoms with Crippen LogP contribution in [-0.4, -0.2) is 38.0 Å². The second kappa shape index (κ2) is 12.6. The van der Waals surface area contributed by atoms with E-state index in [1.165, 1.54) is 23.9 Å². The van der Waals surface area contributed by atoms with Crippen molar-refractivity contribution in [2.24, 2.45) is 0 Å². The average Bonchev–Trinajstić information content (AvgIpc) is 2.96. The van der Waals surface area contributed by atoms with E-state index < -0.39 is 22.5 Å². The number of nitrogens with zero attached hydrogens (tertiary/aromatic N) is 2. The number of sulfonamides is 1. The number of pyridine rings is 1. The lowest BCUT2D eigenvalue weighted by Gasteiger charge is -2.24. The Balaban J connectivity index is 1.56. The Morgan fingerprint density at radius 1 is 0.923 bits per heavy atom. The lowest BCUT2D eigenvalue weighted by atomic mass is 10.1. The van der Waals surface area contributed by atoms with Gasteiger partial charge in [-0.2, -0.15) is 0 Å². The van der Waals surface area contributed by atoms with Gasteiger partial charge in [-0.1, -0.05) is 35.9 Å². The number of carbonyl (C=O) groups is 2. The number of nitrogens with one attached hydrogen (secondary N) is 2. The quantitative estimate of drug-likeness (QED) is 0.268. The molecule has 0 bridgehead atoms. The molecule has 1 aromatic heterocycles. The molecule has 2 amide bonds. The molecule has 39 heavy (non-hydrogen) atoms. The number of carbonyl (C=O) groups excluding carboxylic acids is 2. The van der Waals surface area contributed by atoms with Crippen LogP contribution in [0.1, 0.15) is 21.5 Å². The molecule has 0 radical (unpaired) electrons. The predicted octanol–water partition coefficient (Wildman–Crippen LogP) is 4.88. The first-order valence-electron chi connectivity index (χ1n) is 12.1. The van der Waals surface area contributed by atoms with Gasteiger partial charge in [0.1, 0.15) is 6.54 Å². The maximum atomic E-state index is 13.7. The van der Waals surface area contributed by atoms with Crippen LogP contribution in [0.3, 0.4) is 0 Å². The first-order valence-corrected chi connectivity index (χ1v) is 14.7. The molecular weight excluding hydrogens is 532 g/mol. The predicted molar refractivity (Wildman–Crippen MR) is 154 cm³/mol. The Labute approximate surface area is 232 Å². The number of rotatable bonds is 10. The van der Waals surface area contributed by atoms with Gasteiger partial charge in [0.15, 0.2) is 0 Å². The summed E-state index contributed by atoms with van der Waals surface area (Å²) < 4.78 is 28.4. The van der Waals surface area contributed by atoms with Crippen LogP contribution in [0.4, 0.5) is 11.4 Å². The van der Waals surface area contributed by atoms with E-state index in [9.17, 15) is 18.0 Å². The number of amides is 2. The topological polar surface area (TPSA) is 108 Å². The van der Waals surface area contributed by atoms with Gasteiger partial charge in [-0.3, -0.25) is 18.9 Å². The number of hydrogen-bond donors (Lipinski definition) is 2. The zero-order valence-corrected chi connectivity index (χ0v) is 23.1. The van der Waals surface area contributed by atoms with Crippen molar-refractivity contribution in [3.63, 3.8) is 0 Å². The molecular formula is C29H28N4O4S2. The van der Waals surface area contributed by atoms with Crippen LogP contribution >= 0.6 is 11.8 Å². The Kier molecular flexibility index (Phi) is 9.00. The molecule has 0 atom stereocenters. The maximum absolute atomic E-state index is 13.7. The smallest absolute Gasteiger partial charge is 0.264 e. The molecule has 4 aromatic rings.